The first-order chi connectivity index (χ1) is 9.83. The van der Waals surface area contributed by atoms with Gasteiger partial charge < -0.3 is 15.5 Å². The molecule has 6 nitrogen and oxygen atoms in total. The Morgan fingerprint density at radius 3 is 2.81 bits per heavy atom. The number of aromatic nitrogens is 1. The van der Waals surface area contributed by atoms with E-state index >= 15 is 0 Å². The van der Waals surface area contributed by atoms with Gasteiger partial charge in [0.2, 0.25) is 11.8 Å². The third-order valence-corrected chi connectivity index (χ3v) is 4.69. The highest BCUT2D eigenvalue weighted by Crippen LogP contribution is 2.36. The quantitative estimate of drug-likeness (QED) is 0.860. The van der Waals surface area contributed by atoms with Crippen LogP contribution in [0.5, 0.6) is 0 Å². The Morgan fingerprint density at radius 2 is 2.29 bits per heavy atom. The molecule has 21 heavy (non-hydrogen) atoms. The fraction of sp³-hybridized carbons (Fsp3) is 0.643. The van der Waals surface area contributed by atoms with Gasteiger partial charge in [-0.15, -0.1) is 11.3 Å². The number of hydrogen-bond acceptors (Lipinski definition) is 5. The fourth-order valence-electron chi connectivity index (χ4n) is 2.48. The first kappa shape index (κ1) is 15.9. The second kappa shape index (κ2) is 6.11. The summed E-state index contributed by atoms with van der Waals surface area (Å²) < 4.78 is 0. The second-order valence-corrected chi connectivity index (χ2v) is 6.96. The van der Waals surface area contributed by atoms with Crippen molar-refractivity contribution in [3.05, 3.63) is 11.1 Å². The van der Waals surface area contributed by atoms with Crippen molar-refractivity contribution < 1.29 is 9.59 Å². The Hall–Kier alpha value is -1.47. The maximum absolute atomic E-state index is 12.6. The van der Waals surface area contributed by atoms with E-state index in [0.717, 1.165) is 12.2 Å². The molecule has 1 atom stereocenters. The number of amides is 2. The smallest absolute Gasteiger partial charge is 0.234 e. The minimum absolute atomic E-state index is 0.0636. The lowest BCUT2D eigenvalue weighted by Gasteiger charge is -2.29. The molecule has 2 heterocycles. The first-order valence-corrected chi connectivity index (χ1v) is 7.89. The lowest BCUT2D eigenvalue weighted by Crippen LogP contribution is -2.42. The monoisotopic (exact) mass is 310 g/mol. The van der Waals surface area contributed by atoms with Gasteiger partial charge >= 0.3 is 0 Å². The standard InChI is InChI=1S/C14H22N4O2S/c1-9(2)14(5-11(19)15-8-14)12(20)17-13-16-10(7-21-13)6-18(3)4/h7,9H,5-6,8H2,1-4H3,(H,15,19)(H,16,17,20). The van der Waals surface area contributed by atoms with Crippen LogP contribution in [0.1, 0.15) is 26.0 Å². The molecule has 1 unspecified atom stereocenters. The Kier molecular flexibility index (Phi) is 4.63. The van der Waals surface area contributed by atoms with Gasteiger partial charge in [-0.2, -0.15) is 0 Å². The largest absolute Gasteiger partial charge is 0.355 e. The van der Waals surface area contributed by atoms with Gasteiger partial charge in [0.25, 0.3) is 0 Å². The molecule has 2 amide bonds. The summed E-state index contributed by atoms with van der Waals surface area (Å²) >= 11 is 1.41. The van der Waals surface area contributed by atoms with Crippen molar-refractivity contribution in [2.45, 2.75) is 26.8 Å². The SMILES string of the molecule is CC(C)C1(C(=O)Nc2nc(CN(C)C)cs2)CNC(=O)C1. The van der Waals surface area contributed by atoms with Crippen LogP contribution >= 0.6 is 11.3 Å². The molecular weight excluding hydrogens is 288 g/mol. The van der Waals surface area contributed by atoms with Crippen molar-refractivity contribution in [1.82, 2.24) is 15.2 Å². The molecule has 0 spiro atoms. The van der Waals surface area contributed by atoms with E-state index < -0.39 is 5.41 Å². The molecule has 1 aliphatic heterocycles. The molecule has 7 heteroatoms. The summed E-state index contributed by atoms with van der Waals surface area (Å²) in [5.74, 6) is -0.106. The average molecular weight is 310 g/mol. The summed E-state index contributed by atoms with van der Waals surface area (Å²) in [6.07, 6.45) is 0.242. The lowest BCUT2D eigenvalue weighted by atomic mass is 9.75. The summed E-state index contributed by atoms with van der Waals surface area (Å²) in [5, 5.41) is 8.18. The van der Waals surface area contributed by atoms with Crippen molar-refractivity contribution in [2.24, 2.45) is 11.3 Å². The molecule has 1 aromatic heterocycles. The van der Waals surface area contributed by atoms with Crippen LogP contribution in [0.4, 0.5) is 5.13 Å². The number of anilines is 1. The fourth-order valence-corrected chi connectivity index (χ4v) is 3.18. The first-order valence-electron chi connectivity index (χ1n) is 7.01. The summed E-state index contributed by atoms with van der Waals surface area (Å²) in [6.45, 7) is 5.07. The minimum atomic E-state index is -0.676. The van der Waals surface area contributed by atoms with Crippen LogP contribution in [0.3, 0.4) is 0 Å². The maximum atomic E-state index is 12.6. The van der Waals surface area contributed by atoms with Gasteiger partial charge in [0, 0.05) is 24.9 Å². The number of hydrogen-bond donors (Lipinski definition) is 2. The molecule has 0 aliphatic carbocycles. The van der Waals surface area contributed by atoms with Crippen LogP contribution in [-0.4, -0.2) is 42.3 Å². The highest BCUT2D eigenvalue weighted by atomic mass is 32.1. The molecule has 1 aliphatic rings. The van der Waals surface area contributed by atoms with E-state index in [1.807, 2.05) is 38.2 Å². The normalized spacial score (nSPS) is 21.9. The average Bonchev–Trinajstić information content (AvgIpc) is 2.96. The Balaban J connectivity index is 2.09. The predicted molar refractivity (Wildman–Crippen MR) is 83.0 cm³/mol. The number of rotatable bonds is 5. The number of carbonyl (C=O) groups excluding carboxylic acids is 2. The van der Waals surface area contributed by atoms with Crippen LogP contribution in [0.15, 0.2) is 5.38 Å². The lowest BCUT2D eigenvalue weighted by molar-refractivity contribution is -0.129. The molecule has 2 N–H and O–H groups in total. The van der Waals surface area contributed by atoms with E-state index in [1.165, 1.54) is 11.3 Å². The number of nitrogens with one attached hydrogen (secondary N) is 2. The Labute approximate surface area is 128 Å². The highest BCUT2D eigenvalue weighted by Gasteiger charge is 2.47. The van der Waals surface area contributed by atoms with Crippen molar-refractivity contribution in [3.63, 3.8) is 0 Å². The number of carbonyl (C=O) groups is 2. The zero-order valence-electron chi connectivity index (χ0n) is 12.9. The topological polar surface area (TPSA) is 74.3 Å². The van der Waals surface area contributed by atoms with Crippen molar-refractivity contribution in [3.8, 4) is 0 Å². The molecule has 0 saturated carbocycles. The van der Waals surface area contributed by atoms with Crippen molar-refractivity contribution in [2.75, 3.05) is 26.0 Å². The van der Waals surface area contributed by atoms with Gasteiger partial charge in [-0.05, 0) is 20.0 Å². The molecule has 0 aromatic carbocycles. The van der Waals surface area contributed by atoms with E-state index in [-0.39, 0.29) is 24.2 Å². The van der Waals surface area contributed by atoms with E-state index in [0.29, 0.717) is 11.7 Å². The second-order valence-electron chi connectivity index (χ2n) is 6.10. The number of nitrogens with zero attached hydrogens (tertiary/aromatic N) is 2. The molecular formula is C14H22N4O2S. The molecule has 116 valence electrons. The van der Waals surface area contributed by atoms with Gasteiger partial charge in [-0.25, -0.2) is 4.98 Å². The van der Waals surface area contributed by atoms with Crippen LogP contribution in [0.2, 0.25) is 0 Å². The Morgan fingerprint density at radius 1 is 1.57 bits per heavy atom. The zero-order valence-corrected chi connectivity index (χ0v) is 13.7. The summed E-state index contributed by atoms with van der Waals surface area (Å²) in [7, 11) is 3.95. The molecule has 0 bridgehead atoms. The van der Waals surface area contributed by atoms with Gasteiger partial charge in [-0.1, -0.05) is 13.8 Å². The summed E-state index contributed by atoms with van der Waals surface area (Å²) in [4.78, 5) is 30.6. The van der Waals surface area contributed by atoms with Gasteiger partial charge in [-0.3, -0.25) is 9.59 Å². The predicted octanol–water partition coefficient (Wildman–Crippen LogP) is 1.31. The summed E-state index contributed by atoms with van der Waals surface area (Å²) in [5.41, 5.74) is 0.254. The van der Waals surface area contributed by atoms with E-state index in [2.05, 4.69) is 15.6 Å². The van der Waals surface area contributed by atoms with Crippen molar-refractivity contribution >= 4 is 28.3 Å². The van der Waals surface area contributed by atoms with Gasteiger partial charge in [0.05, 0.1) is 11.1 Å². The van der Waals surface area contributed by atoms with Crippen LogP contribution in [0.25, 0.3) is 0 Å². The van der Waals surface area contributed by atoms with Crippen LogP contribution in [-0.2, 0) is 16.1 Å². The van der Waals surface area contributed by atoms with Crippen LogP contribution in [0, 0.1) is 11.3 Å². The van der Waals surface area contributed by atoms with E-state index in [9.17, 15) is 9.59 Å². The van der Waals surface area contributed by atoms with E-state index in [1.54, 1.807) is 0 Å². The summed E-state index contributed by atoms with van der Waals surface area (Å²) in [6, 6.07) is 0. The van der Waals surface area contributed by atoms with Crippen LogP contribution < -0.4 is 10.6 Å². The Bertz CT molecular complexity index is 541. The molecule has 1 fully saturated rings. The van der Waals surface area contributed by atoms with Crippen molar-refractivity contribution in [1.29, 1.82) is 0 Å². The third kappa shape index (κ3) is 3.41. The molecule has 2 rings (SSSR count). The highest BCUT2D eigenvalue weighted by molar-refractivity contribution is 7.13. The van der Waals surface area contributed by atoms with E-state index in [4.69, 9.17) is 0 Å². The third-order valence-electron chi connectivity index (χ3n) is 3.88. The molecule has 0 radical (unpaired) electrons. The minimum Gasteiger partial charge on any atom is -0.355 e. The maximum Gasteiger partial charge on any atom is 0.234 e. The van der Waals surface area contributed by atoms with Gasteiger partial charge in [0.1, 0.15) is 0 Å². The zero-order chi connectivity index (χ0) is 15.6. The van der Waals surface area contributed by atoms with Gasteiger partial charge in [0.15, 0.2) is 5.13 Å². The molecule has 1 saturated heterocycles. The molecule has 1 aromatic rings. The number of thiazole rings is 1.